The van der Waals surface area contributed by atoms with Gasteiger partial charge in [0.05, 0.1) is 13.2 Å². The van der Waals surface area contributed by atoms with Gasteiger partial charge in [-0.05, 0) is 51.7 Å². The van der Waals surface area contributed by atoms with Crippen molar-refractivity contribution in [2.24, 2.45) is 0 Å². The minimum Gasteiger partial charge on any atom is -0.303 e. The Hall–Kier alpha value is 0.0700. The molecule has 0 bridgehead atoms. The van der Waals surface area contributed by atoms with E-state index >= 15 is 0 Å². The van der Waals surface area contributed by atoms with Crippen molar-refractivity contribution < 1.29 is 18.5 Å². The Labute approximate surface area is 289 Å². The summed E-state index contributed by atoms with van der Waals surface area (Å²) in [5, 5.41) is 0. The molecule has 0 aliphatic rings. The van der Waals surface area contributed by atoms with Crippen LogP contribution in [0.2, 0.25) is 0 Å². The van der Waals surface area contributed by atoms with E-state index in [9.17, 15) is 9.46 Å². The predicted molar refractivity (Wildman–Crippen MR) is 203 cm³/mol. The van der Waals surface area contributed by atoms with Crippen molar-refractivity contribution in [3.63, 3.8) is 0 Å². The molecular weight excluding hydrogens is 589 g/mol. The predicted octanol–water partition coefficient (Wildman–Crippen LogP) is 14.0. The molecule has 0 aromatic carbocycles. The Bertz CT molecular complexity index is 600. The van der Waals surface area contributed by atoms with Crippen molar-refractivity contribution >= 4 is 7.82 Å². The average Bonchev–Trinajstić information content (AvgIpc) is 3.04. The number of hydrogen-bond acceptors (Lipinski definition) is 4. The Morgan fingerprint density at radius 3 is 0.848 bits per heavy atom. The molecule has 0 aliphatic carbocycles. The first-order valence-corrected chi connectivity index (χ1v) is 22.4. The van der Waals surface area contributed by atoms with E-state index in [-0.39, 0.29) is 0 Å². The van der Waals surface area contributed by atoms with Gasteiger partial charge in [0.15, 0.2) is 0 Å². The topological polar surface area (TPSA) is 59.0 Å². The van der Waals surface area contributed by atoms with Crippen molar-refractivity contribution in [3.8, 4) is 0 Å². The largest absolute Gasteiger partial charge is 0.472 e. The summed E-state index contributed by atoms with van der Waals surface area (Å²) in [6.07, 6.45) is 41.6. The van der Waals surface area contributed by atoms with Gasteiger partial charge < -0.3 is 9.79 Å². The normalized spacial score (nSPS) is 13.2. The Kier molecular flexibility index (Phi) is 37.9. The number of unbranched alkanes of at least 4 members (excludes halogenated alkanes) is 28. The van der Waals surface area contributed by atoms with Gasteiger partial charge in [-0.25, -0.2) is 4.57 Å². The van der Waals surface area contributed by atoms with Crippen molar-refractivity contribution in [2.45, 2.75) is 226 Å². The minimum absolute atomic E-state index is 0.316. The summed E-state index contributed by atoms with van der Waals surface area (Å²) in [5.74, 6) is 0. The van der Waals surface area contributed by atoms with Gasteiger partial charge in [-0.2, -0.15) is 0 Å². The highest BCUT2D eigenvalue weighted by molar-refractivity contribution is 7.47. The van der Waals surface area contributed by atoms with Crippen LogP contribution in [0.15, 0.2) is 0 Å². The molecule has 0 fully saturated rings. The lowest BCUT2D eigenvalue weighted by Gasteiger charge is -2.22. The maximum absolute atomic E-state index is 12.1. The highest BCUT2D eigenvalue weighted by Crippen LogP contribution is 2.43. The lowest BCUT2D eigenvalue weighted by molar-refractivity contribution is 0.145. The smallest absolute Gasteiger partial charge is 0.303 e. The molecule has 0 aromatic heterocycles. The molecule has 6 heteroatoms. The van der Waals surface area contributed by atoms with E-state index in [0.29, 0.717) is 13.2 Å². The van der Waals surface area contributed by atoms with Gasteiger partial charge in [0.25, 0.3) is 0 Å². The first-order valence-electron chi connectivity index (χ1n) is 20.9. The second kappa shape index (κ2) is 37.9. The lowest BCUT2D eigenvalue weighted by atomic mass is 10.1. The van der Waals surface area contributed by atoms with Crippen molar-refractivity contribution in [3.05, 3.63) is 0 Å². The Balaban J connectivity index is 3.87. The second-order valence-corrected chi connectivity index (χ2v) is 15.7. The molecule has 0 heterocycles. The van der Waals surface area contributed by atoms with E-state index in [0.717, 1.165) is 25.7 Å². The zero-order valence-electron chi connectivity index (χ0n) is 31.7. The molecule has 278 valence electrons. The SMILES string of the molecule is CCCCCCCCCCCCOP(=O)(O)OCCCCCCCCN(CCCCCCCCCC)CCCCCCCCCC. The summed E-state index contributed by atoms with van der Waals surface area (Å²) >= 11 is 0. The summed E-state index contributed by atoms with van der Waals surface area (Å²) in [5.41, 5.74) is 0. The number of nitrogens with zero attached hydrogens (tertiary/aromatic N) is 1. The fourth-order valence-corrected chi connectivity index (χ4v) is 7.20. The van der Waals surface area contributed by atoms with Gasteiger partial charge in [-0.1, -0.05) is 194 Å². The van der Waals surface area contributed by atoms with Crippen LogP contribution in [-0.2, 0) is 13.6 Å². The first kappa shape index (κ1) is 46.1. The van der Waals surface area contributed by atoms with Crippen LogP contribution in [0.5, 0.6) is 0 Å². The van der Waals surface area contributed by atoms with Gasteiger partial charge >= 0.3 is 7.82 Å². The number of phosphoric acid groups is 1. The summed E-state index contributed by atoms with van der Waals surface area (Å²) in [6, 6.07) is 0. The van der Waals surface area contributed by atoms with Crippen LogP contribution in [-0.4, -0.2) is 42.6 Å². The van der Waals surface area contributed by atoms with Gasteiger partial charge in [0, 0.05) is 0 Å². The summed E-state index contributed by atoms with van der Waals surface area (Å²) in [4.78, 5) is 12.7. The third kappa shape index (κ3) is 36.9. The summed E-state index contributed by atoms with van der Waals surface area (Å²) in [7, 11) is -3.89. The number of phosphoric ester groups is 1. The molecule has 0 radical (unpaired) electrons. The van der Waals surface area contributed by atoms with Crippen molar-refractivity contribution in [2.75, 3.05) is 32.8 Å². The van der Waals surface area contributed by atoms with Crippen LogP contribution in [0.4, 0.5) is 0 Å². The van der Waals surface area contributed by atoms with Crippen LogP contribution >= 0.6 is 7.82 Å². The van der Waals surface area contributed by atoms with Crippen molar-refractivity contribution in [1.82, 2.24) is 4.90 Å². The quantitative estimate of drug-likeness (QED) is 0.0518. The molecule has 0 saturated carbocycles. The van der Waals surface area contributed by atoms with Crippen LogP contribution in [0.3, 0.4) is 0 Å². The standard InChI is InChI=1S/C40H84NO4P/c1-4-7-10-13-16-19-20-24-29-34-39-44-46(42,43)45-40-35-30-25-23-28-33-38-41(36-31-26-21-17-14-11-8-5-2)37-32-27-22-18-15-12-9-6-3/h4-40H2,1-3H3,(H,42,43). The third-order valence-electron chi connectivity index (χ3n) is 9.53. The molecule has 0 saturated heterocycles. The summed E-state index contributed by atoms with van der Waals surface area (Å²) < 4.78 is 22.6. The zero-order valence-corrected chi connectivity index (χ0v) is 32.6. The molecular formula is C40H84NO4P. The fourth-order valence-electron chi connectivity index (χ4n) is 6.41. The van der Waals surface area contributed by atoms with E-state index in [1.165, 1.54) is 199 Å². The molecule has 0 spiro atoms. The molecule has 5 nitrogen and oxygen atoms in total. The molecule has 1 atom stereocenters. The first-order chi connectivity index (χ1) is 22.6. The molecule has 1 N–H and O–H groups in total. The van der Waals surface area contributed by atoms with Crippen LogP contribution < -0.4 is 0 Å². The molecule has 0 amide bonds. The minimum atomic E-state index is -3.89. The van der Waals surface area contributed by atoms with Gasteiger partial charge in [-0.15, -0.1) is 0 Å². The highest BCUT2D eigenvalue weighted by atomic mass is 31.2. The molecule has 46 heavy (non-hydrogen) atoms. The van der Waals surface area contributed by atoms with E-state index in [4.69, 9.17) is 9.05 Å². The van der Waals surface area contributed by atoms with Crippen LogP contribution in [0.1, 0.15) is 226 Å². The van der Waals surface area contributed by atoms with Gasteiger partial charge in [-0.3, -0.25) is 9.05 Å². The van der Waals surface area contributed by atoms with Crippen molar-refractivity contribution in [1.29, 1.82) is 0 Å². The average molecular weight is 674 g/mol. The maximum atomic E-state index is 12.1. The lowest BCUT2D eigenvalue weighted by Crippen LogP contribution is -2.27. The molecule has 0 aromatic rings. The van der Waals surface area contributed by atoms with Crippen LogP contribution in [0, 0.1) is 0 Å². The number of rotatable bonds is 40. The zero-order chi connectivity index (χ0) is 33.7. The number of hydrogen-bond donors (Lipinski definition) is 1. The van der Waals surface area contributed by atoms with Gasteiger partial charge in [0.1, 0.15) is 0 Å². The van der Waals surface area contributed by atoms with E-state index in [1.807, 2.05) is 0 Å². The Morgan fingerprint density at radius 1 is 0.370 bits per heavy atom. The second-order valence-electron chi connectivity index (χ2n) is 14.2. The third-order valence-corrected chi connectivity index (χ3v) is 10.5. The molecule has 1 unspecified atom stereocenters. The fraction of sp³-hybridized carbons (Fsp3) is 1.00. The Morgan fingerprint density at radius 2 is 0.587 bits per heavy atom. The van der Waals surface area contributed by atoms with E-state index in [1.54, 1.807) is 0 Å². The van der Waals surface area contributed by atoms with E-state index in [2.05, 4.69) is 25.7 Å². The highest BCUT2D eigenvalue weighted by Gasteiger charge is 2.20. The van der Waals surface area contributed by atoms with E-state index < -0.39 is 7.82 Å². The molecule has 0 rings (SSSR count). The monoisotopic (exact) mass is 674 g/mol. The van der Waals surface area contributed by atoms with Gasteiger partial charge in [0.2, 0.25) is 0 Å². The van der Waals surface area contributed by atoms with Crippen LogP contribution in [0.25, 0.3) is 0 Å². The summed E-state index contributed by atoms with van der Waals surface area (Å²) in [6.45, 7) is 11.3. The molecule has 0 aliphatic heterocycles. The maximum Gasteiger partial charge on any atom is 0.472 e.